The van der Waals surface area contributed by atoms with E-state index in [-0.39, 0.29) is 5.56 Å². The molecule has 106 valence electrons. The van der Waals surface area contributed by atoms with Crippen molar-refractivity contribution in [2.45, 2.75) is 20.3 Å². The minimum atomic E-state index is -2.46. The molecule has 0 amide bonds. The van der Waals surface area contributed by atoms with Crippen LogP contribution in [0.5, 0.6) is 0 Å². The van der Waals surface area contributed by atoms with E-state index >= 15 is 0 Å². The molecule has 1 aromatic carbocycles. The van der Waals surface area contributed by atoms with Gasteiger partial charge in [-0.05, 0) is 36.4 Å². The highest BCUT2D eigenvalue weighted by atomic mass is 127. The Balaban J connectivity index is 2.41. The summed E-state index contributed by atoms with van der Waals surface area (Å²) in [5, 5.41) is 3.18. The zero-order valence-corrected chi connectivity index (χ0v) is 13.3. The molecule has 2 aromatic rings. The molecule has 20 heavy (non-hydrogen) atoms. The quantitative estimate of drug-likeness (QED) is 0.787. The number of benzene rings is 1. The first-order chi connectivity index (χ1) is 9.52. The van der Waals surface area contributed by atoms with Crippen molar-refractivity contribution in [1.82, 2.24) is 9.97 Å². The fraction of sp³-hybridized carbons (Fsp3) is 0.286. The van der Waals surface area contributed by atoms with E-state index in [0.717, 1.165) is 27.2 Å². The summed E-state index contributed by atoms with van der Waals surface area (Å²) in [7, 11) is 0. The molecule has 0 aliphatic rings. The van der Waals surface area contributed by atoms with E-state index in [0.29, 0.717) is 5.82 Å². The van der Waals surface area contributed by atoms with Crippen molar-refractivity contribution >= 4 is 28.4 Å². The molecule has 0 saturated heterocycles. The molecule has 0 aliphatic carbocycles. The summed E-state index contributed by atoms with van der Waals surface area (Å²) in [6.07, 6.45) is -2.46. The average molecular weight is 389 g/mol. The zero-order valence-electron chi connectivity index (χ0n) is 11.1. The average Bonchev–Trinajstić information content (AvgIpc) is 2.44. The van der Waals surface area contributed by atoms with Crippen molar-refractivity contribution < 1.29 is 8.78 Å². The smallest absolute Gasteiger partial charge is 0.263 e. The van der Waals surface area contributed by atoms with Gasteiger partial charge in [-0.1, -0.05) is 24.3 Å². The predicted molar refractivity (Wildman–Crippen MR) is 84.0 cm³/mol. The lowest BCUT2D eigenvalue weighted by atomic mass is 10.1. The standard InChI is InChI=1S/C14H14F2IN3/c1-3-18-14-11(17)8(2)19-13(20-14)10-6-4-9(5-7-10)12(15)16/h4-7,12H,3H2,1-2H3,(H,18,19,20). The minimum Gasteiger partial charge on any atom is -0.369 e. The number of rotatable bonds is 4. The molecule has 1 aromatic heterocycles. The van der Waals surface area contributed by atoms with Crippen molar-refractivity contribution in [1.29, 1.82) is 0 Å². The van der Waals surface area contributed by atoms with Gasteiger partial charge >= 0.3 is 0 Å². The molecule has 0 atom stereocenters. The number of aromatic nitrogens is 2. The highest BCUT2D eigenvalue weighted by Gasteiger charge is 2.11. The first-order valence-electron chi connectivity index (χ1n) is 6.19. The molecule has 2 rings (SSSR count). The van der Waals surface area contributed by atoms with Crippen LogP contribution in [0.1, 0.15) is 24.6 Å². The van der Waals surface area contributed by atoms with Gasteiger partial charge in [-0.2, -0.15) is 0 Å². The predicted octanol–water partition coefficient (Wildman–Crippen LogP) is 4.43. The molecule has 0 aliphatic heterocycles. The van der Waals surface area contributed by atoms with Crippen LogP contribution in [0.3, 0.4) is 0 Å². The van der Waals surface area contributed by atoms with Gasteiger partial charge in [-0.25, -0.2) is 18.7 Å². The number of anilines is 1. The second kappa shape index (κ2) is 6.43. The third-order valence-electron chi connectivity index (χ3n) is 2.78. The van der Waals surface area contributed by atoms with Gasteiger partial charge in [0.05, 0.1) is 9.26 Å². The molecule has 1 heterocycles. The van der Waals surface area contributed by atoms with Gasteiger partial charge in [-0.3, -0.25) is 0 Å². The topological polar surface area (TPSA) is 37.8 Å². The Morgan fingerprint density at radius 3 is 2.40 bits per heavy atom. The Labute approximate surface area is 130 Å². The van der Waals surface area contributed by atoms with Crippen molar-refractivity contribution in [2.24, 2.45) is 0 Å². The van der Waals surface area contributed by atoms with Gasteiger partial charge in [0.15, 0.2) is 5.82 Å². The third-order valence-corrected chi connectivity index (χ3v) is 4.07. The Morgan fingerprint density at radius 1 is 1.20 bits per heavy atom. The highest BCUT2D eigenvalue weighted by Crippen LogP contribution is 2.25. The van der Waals surface area contributed by atoms with Gasteiger partial charge in [0.1, 0.15) is 5.82 Å². The van der Waals surface area contributed by atoms with Crippen LogP contribution in [0.4, 0.5) is 14.6 Å². The van der Waals surface area contributed by atoms with Crippen molar-refractivity contribution in [2.75, 3.05) is 11.9 Å². The van der Waals surface area contributed by atoms with E-state index in [1.165, 1.54) is 12.1 Å². The third kappa shape index (κ3) is 3.23. The number of hydrogen-bond acceptors (Lipinski definition) is 3. The van der Waals surface area contributed by atoms with E-state index in [1.54, 1.807) is 12.1 Å². The summed E-state index contributed by atoms with van der Waals surface area (Å²) >= 11 is 2.19. The molecular formula is C14H14F2IN3. The molecule has 3 nitrogen and oxygen atoms in total. The van der Waals surface area contributed by atoms with Crippen LogP contribution in [0.25, 0.3) is 11.4 Å². The monoisotopic (exact) mass is 389 g/mol. The van der Waals surface area contributed by atoms with E-state index in [2.05, 4.69) is 37.9 Å². The van der Waals surface area contributed by atoms with Crippen LogP contribution in [-0.2, 0) is 0 Å². The normalized spacial score (nSPS) is 10.9. The SMILES string of the molecule is CCNc1nc(-c2ccc(C(F)F)cc2)nc(C)c1I. The van der Waals surface area contributed by atoms with Crippen molar-refractivity contribution in [3.05, 3.63) is 39.1 Å². The summed E-state index contributed by atoms with van der Waals surface area (Å²) < 4.78 is 26.1. The van der Waals surface area contributed by atoms with Gasteiger partial charge in [0.2, 0.25) is 0 Å². The second-order valence-electron chi connectivity index (χ2n) is 4.25. The highest BCUT2D eigenvalue weighted by molar-refractivity contribution is 14.1. The lowest BCUT2D eigenvalue weighted by Gasteiger charge is -2.10. The first-order valence-corrected chi connectivity index (χ1v) is 7.27. The number of aryl methyl sites for hydroxylation is 1. The molecule has 0 spiro atoms. The van der Waals surface area contributed by atoms with Crippen LogP contribution >= 0.6 is 22.6 Å². The number of halogens is 3. The molecule has 0 unspecified atom stereocenters. The second-order valence-corrected chi connectivity index (χ2v) is 5.33. The molecule has 6 heteroatoms. The van der Waals surface area contributed by atoms with E-state index < -0.39 is 6.43 Å². The summed E-state index contributed by atoms with van der Waals surface area (Å²) in [5.74, 6) is 1.31. The largest absolute Gasteiger partial charge is 0.369 e. The van der Waals surface area contributed by atoms with Crippen LogP contribution in [0, 0.1) is 10.5 Å². The van der Waals surface area contributed by atoms with E-state index in [1.807, 2.05) is 13.8 Å². The molecule has 0 radical (unpaired) electrons. The van der Waals surface area contributed by atoms with Crippen LogP contribution in [0.15, 0.2) is 24.3 Å². The molecule has 1 N–H and O–H groups in total. The molecular weight excluding hydrogens is 375 g/mol. The van der Waals surface area contributed by atoms with Crippen molar-refractivity contribution in [3.8, 4) is 11.4 Å². The van der Waals surface area contributed by atoms with Gasteiger partial charge in [0, 0.05) is 17.7 Å². The van der Waals surface area contributed by atoms with E-state index in [9.17, 15) is 8.78 Å². The fourth-order valence-corrected chi connectivity index (χ4v) is 2.18. The Kier molecular flexibility index (Phi) is 4.85. The van der Waals surface area contributed by atoms with Crippen LogP contribution < -0.4 is 5.32 Å². The van der Waals surface area contributed by atoms with Crippen LogP contribution in [-0.4, -0.2) is 16.5 Å². The maximum atomic E-state index is 12.5. The molecule has 0 saturated carbocycles. The number of hydrogen-bond donors (Lipinski definition) is 1. The van der Waals surface area contributed by atoms with Gasteiger partial charge in [-0.15, -0.1) is 0 Å². The minimum absolute atomic E-state index is 0.00268. The number of nitrogens with one attached hydrogen (secondary N) is 1. The molecule has 0 fully saturated rings. The van der Waals surface area contributed by atoms with Gasteiger partial charge < -0.3 is 5.32 Å². The maximum absolute atomic E-state index is 12.5. The van der Waals surface area contributed by atoms with Crippen molar-refractivity contribution in [3.63, 3.8) is 0 Å². The summed E-state index contributed by atoms with van der Waals surface area (Å²) in [6, 6.07) is 6.06. The summed E-state index contributed by atoms with van der Waals surface area (Å²) in [4.78, 5) is 8.86. The Bertz CT molecular complexity index is 600. The Hall–Kier alpha value is -1.31. The fourth-order valence-electron chi connectivity index (χ4n) is 1.75. The Morgan fingerprint density at radius 2 is 1.85 bits per heavy atom. The lowest BCUT2D eigenvalue weighted by molar-refractivity contribution is 0.151. The molecule has 0 bridgehead atoms. The van der Waals surface area contributed by atoms with Gasteiger partial charge in [0.25, 0.3) is 6.43 Å². The maximum Gasteiger partial charge on any atom is 0.263 e. The first kappa shape index (κ1) is 15.1. The summed E-state index contributed by atoms with van der Waals surface area (Å²) in [5.41, 5.74) is 1.60. The zero-order chi connectivity index (χ0) is 14.7. The van der Waals surface area contributed by atoms with E-state index in [4.69, 9.17) is 0 Å². The lowest BCUT2D eigenvalue weighted by Crippen LogP contribution is -2.06. The van der Waals surface area contributed by atoms with Crippen LogP contribution in [0.2, 0.25) is 0 Å². The number of nitrogens with zero attached hydrogens (tertiary/aromatic N) is 2. The number of alkyl halides is 2. The summed E-state index contributed by atoms with van der Waals surface area (Å²) in [6.45, 7) is 4.65.